The van der Waals surface area contributed by atoms with Gasteiger partial charge in [-0.15, -0.1) is 5.10 Å². The van der Waals surface area contributed by atoms with Gasteiger partial charge >= 0.3 is 0 Å². The predicted molar refractivity (Wildman–Crippen MR) is 71.4 cm³/mol. The van der Waals surface area contributed by atoms with Crippen molar-refractivity contribution in [2.75, 3.05) is 0 Å². The summed E-state index contributed by atoms with van der Waals surface area (Å²) in [5.74, 6) is -0.248. The molecule has 1 atom stereocenters. The van der Waals surface area contributed by atoms with E-state index in [1.54, 1.807) is 10.7 Å². The molecule has 0 bridgehead atoms. The van der Waals surface area contributed by atoms with E-state index < -0.39 is 0 Å². The number of hydrogen-bond acceptors (Lipinski definition) is 2. The summed E-state index contributed by atoms with van der Waals surface area (Å²) < 4.78 is 15.4. The topological polar surface area (TPSA) is 30.7 Å². The first kappa shape index (κ1) is 12.0. The molecule has 84 valence electrons. The number of hydrogen-bond donors (Lipinski definition) is 0. The maximum atomic E-state index is 12.9. The molecule has 0 aliphatic heterocycles. The molecule has 0 fully saturated rings. The molecule has 1 aromatic carbocycles. The fourth-order valence-corrected chi connectivity index (χ4v) is 2.18. The van der Waals surface area contributed by atoms with Gasteiger partial charge in [0.05, 0.1) is 22.4 Å². The van der Waals surface area contributed by atoms with Gasteiger partial charge in [0.25, 0.3) is 0 Å². The van der Waals surface area contributed by atoms with Gasteiger partial charge in [0.15, 0.2) is 0 Å². The second-order valence-electron chi connectivity index (χ2n) is 3.30. The van der Waals surface area contributed by atoms with Crippen LogP contribution < -0.4 is 0 Å². The van der Waals surface area contributed by atoms with Gasteiger partial charge in [-0.1, -0.05) is 21.1 Å². The van der Waals surface area contributed by atoms with E-state index >= 15 is 0 Å². The SMILES string of the molecule is CC(Br)c1cn(-c2ccc(F)cc2I)nn1. The molecule has 0 saturated carbocycles. The highest BCUT2D eigenvalue weighted by atomic mass is 127. The smallest absolute Gasteiger partial charge is 0.124 e. The molecule has 1 aromatic heterocycles. The Morgan fingerprint density at radius 2 is 2.25 bits per heavy atom. The van der Waals surface area contributed by atoms with Crippen LogP contribution in [0.3, 0.4) is 0 Å². The Balaban J connectivity index is 2.42. The van der Waals surface area contributed by atoms with Crippen LogP contribution in [0.5, 0.6) is 0 Å². The van der Waals surface area contributed by atoms with Crippen LogP contribution in [0.25, 0.3) is 5.69 Å². The molecule has 0 amide bonds. The van der Waals surface area contributed by atoms with Crippen LogP contribution in [-0.2, 0) is 0 Å². The summed E-state index contributed by atoms with van der Waals surface area (Å²) in [7, 11) is 0. The third-order valence-electron chi connectivity index (χ3n) is 2.08. The number of alkyl halides is 1. The van der Waals surface area contributed by atoms with Gasteiger partial charge in [-0.25, -0.2) is 9.07 Å². The van der Waals surface area contributed by atoms with Gasteiger partial charge in [0.2, 0.25) is 0 Å². The summed E-state index contributed by atoms with van der Waals surface area (Å²) in [6.07, 6.45) is 1.83. The van der Waals surface area contributed by atoms with Crippen LogP contribution in [-0.4, -0.2) is 15.0 Å². The molecule has 16 heavy (non-hydrogen) atoms. The van der Waals surface area contributed by atoms with Crippen LogP contribution in [0.2, 0.25) is 0 Å². The summed E-state index contributed by atoms with van der Waals surface area (Å²) in [5.41, 5.74) is 1.68. The first-order valence-corrected chi connectivity index (χ1v) is 6.59. The molecule has 0 aliphatic carbocycles. The molecule has 0 saturated heterocycles. The summed E-state index contributed by atoms with van der Waals surface area (Å²) in [6.45, 7) is 1.98. The van der Waals surface area contributed by atoms with Crippen molar-refractivity contribution in [3.8, 4) is 5.69 Å². The van der Waals surface area contributed by atoms with Gasteiger partial charge in [-0.2, -0.15) is 0 Å². The Morgan fingerprint density at radius 1 is 1.50 bits per heavy atom. The lowest BCUT2D eigenvalue weighted by molar-refractivity contribution is 0.625. The van der Waals surface area contributed by atoms with E-state index in [0.29, 0.717) is 0 Å². The third kappa shape index (κ3) is 2.42. The second-order valence-corrected chi connectivity index (χ2v) is 5.84. The number of benzene rings is 1. The van der Waals surface area contributed by atoms with E-state index in [2.05, 4.69) is 48.8 Å². The first-order valence-electron chi connectivity index (χ1n) is 4.59. The number of rotatable bonds is 2. The maximum Gasteiger partial charge on any atom is 0.124 e. The molecule has 2 aromatic rings. The fraction of sp³-hybridized carbons (Fsp3) is 0.200. The minimum Gasteiger partial charge on any atom is -0.219 e. The third-order valence-corrected chi connectivity index (χ3v) is 3.41. The Bertz CT molecular complexity index is 513. The molecule has 0 N–H and O–H groups in total. The monoisotopic (exact) mass is 395 g/mol. The van der Waals surface area contributed by atoms with Crippen LogP contribution in [0.4, 0.5) is 4.39 Å². The van der Waals surface area contributed by atoms with E-state index in [1.807, 2.05) is 13.1 Å². The Hall–Kier alpha value is -0.500. The van der Waals surface area contributed by atoms with Crippen molar-refractivity contribution in [2.24, 2.45) is 0 Å². The minimum absolute atomic E-state index is 0.152. The van der Waals surface area contributed by atoms with Gasteiger partial charge < -0.3 is 0 Å². The van der Waals surface area contributed by atoms with Crippen molar-refractivity contribution in [1.82, 2.24) is 15.0 Å². The number of aromatic nitrogens is 3. The molecule has 1 heterocycles. The highest BCUT2D eigenvalue weighted by molar-refractivity contribution is 14.1. The molecule has 3 nitrogen and oxygen atoms in total. The summed E-state index contributed by atoms with van der Waals surface area (Å²) in [4.78, 5) is 0.152. The van der Waals surface area contributed by atoms with Crippen molar-refractivity contribution in [2.45, 2.75) is 11.8 Å². The molecule has 2 rings (SSSR count). The van der Waals surface area contributed by atoms with Crippen molar-refractivity contribution in [3.05, 3.63) is 39.5 Å². The van der Waals surface area contributed by atoms with E-state index in [4.69, 9.17) is 0 Å². The lowest BCUT2D eigenvalue weighted by Gasteiger charge is -2.02. The molecule has 1 unspecified atom stereocenters. The quantitative estimate of drug-likeness (QED) is 0.575. The highest BCUT2D eigenvalue weighted by Gasteiger charge is 2.09. The van der Waals surface area contributed by atoms with Crippen molar-refractivity contribution in [1.29, 1.82) is 0 Å². The zero-order chi connectivity index (χ0) is 11.7. The summed E-state index contributed by atoms with van der Waals surface area (Å²) in [5, 5.41) is 8.03. The zero-order valence-corrected chi connectivity index (χ0v) is 12.1. The van der Waals surface area contributed by atoms with Crippen molar-refractivity contribution in [3.63, 3.8) is 0 Å². The number of halogens is 3. The minimum atomic E-state index is -0.248. The van der Waals surface area contributed by atoms with Crippen molar-refractivity contribution >= 4 is 38.5 Å². The summed E-state index contributed by atoms with van der Waals surface area (Å²) in [6, 6.07) is 4.57. The van der Waals surface area contributed by atoms with E-state index in [0.717, 1.165) is 15.0 Å². The van der Waals surface area contributed by atoms with E-state index in [-0.39, 0.29) is 10.6 Å². The first-order chi connectivity index (χ1) is 7.58. The number of nitrogens with zero attached hydrogens (tertiary/aromatic N) is 3. The predicted octanol–water partition coefficient (Wildman–Crippen LogP) is 3.47. The highest BCUT2D eigenvalue weighted by Crippen LogP contribution is 2.22. The zero-order valence-electron chi connectivity index (χ0n) is 8.36. The largest absolute Gasteiger partial charge is 0.219 e. The summed E-state index contributed by atoms with van der Waals surface area (Å²) >= 11 is 5.50. The average Bonchev–Trinajstić information content (AvgIpc) is 2.66. The van der Waals surface area contributed by atoms with Crippen LogP contribution >= 0.6 is 38.5 Å². The van der Waals surface area contributed by atoms with Gasteiger partial charge in [-0.05, 0) is 47.7 Å². The van der Waals surface area contributed by atoms with Crippen molar-refractivity contribution < 1.29 is 4.39 Å². The van der Waals surface area contributed by atoms with E-state index in [1.165, 1.54) is 12.1 Å². The molecular weight excluding hydrogens is 388 g/mol. The molecule has 0 spiro atoms. The maximum absolute atomic E-state index is 12.9. The standard InChI is InChI=1S/C10H8BrFIN3/c1-6(11)9-5-16(15-14-9)10-3-2-7(12)4-8(10)13/h2-6H,1H3. The molecule has 0 aliphatic rings. The molecule has 6 heteroatoms. The van der Waals surface area contributed by atoms with E-state index in [9.17, 15) is 4.39 Å². The lowest BCUT2D eigenvalue weighted by atomic mass is 10.3. The fourth-order valence-electron chi connectivity index (χ4n) is 1.24. The van der Waals surface area contributed by atoms with Gasteiger partial charge in [0.1, 0.15) is 5.82 Å². The normalized spacial score (nSPS) is 12.8. The Morgan fingerprint density at radius 3 is 2.81 bits per heavy atom. The van der Waals surface area contributed by atoms with Crippen LogP contribution in [0, 0.1) is 9.39 Å². The van der Waals surface area contributed by atoms with Crippen LogP contribution in [0.1, 0.15) is 17.4 Å². The Labute approximate surface area is 114 Å². The molecular formula is C10H8BrFIN3. The second kappa shape index (κ2) is 4.79. The molecule has 0 radical (unpaired) electrons. The average molecular weight is 396 g/mol. The van der Waals surface area contributed by atoms with Crippen LogP contribution in [0.15, 0.2) is 24.4 Å². The lowest BCUT2D eigenvalue weighted by Crippen LogP contribution is -1.98. The Kier molecular flexibility index (Phi) is 3.58. The van der Waals surface area contributed by atoms with Gasteiger partial charge in [0, 0.05) is 3.57 Å². The van der Waals surface area contributed by atoms with Gasteiger partial charge in [-0.3, -0.25) is 0 Å².